The first-order valence-electron chi connectivity index (χ1n) is 8.29. The van der Waals surface area contributed by atoms with E-state index in [1.165, 1.54) is 19.3 Å². The first-order chi connectivity index (χ1) is 9.99. The van der Waals surface area contributed by atoms with Gasteiger partial charge in [-0.1, -0.05) is 33.1 Å². The molecule has 1 aliphatic rings. The molecular formula is C16H32N2O3. The Kier molecular flexibility index (Phi) is 8.88. The van der Waals surface area contributed by atoms with Crippen LogP contribution in [-0.4, -0.2) is 49.0 Å². The number of amides is 1. The Hall–Kier alpha value is -0.650. The molecule has 1 amide bonds. The van der Waals surface area contributed by atoms with Gasteiger partial charge in [-0.2, -0.15) is 0 Å². The minimum absolute atomic E-state index is 0.0240. The summed E-state index contributed by atoms with van der Waals surface area (Å²) in [6.07, 6.45) is 5.71. The maximum Gasteiger partial charge on any atom is 0.236 e. The first-order valence-corrected chi connectivity index (χ1v) is 8.29. The lowest BCUT2D eigenvalue weighted by molar-refractivity contribution is -0.123. The van der Waals surface area contributed by atoms with Crippen LogP contribution < -0.4 is 10.6 Å². The van der Waals surface area contributed by atoms with Gasteiger partial charge in [0.25, 0.3) is 0 Å². The van der Waals surface area contributed by atoms with Gasteiger partial charge in [-0.25, -0.2) is 0 Å². The fourth-order valence-corrected chi connectivity index (χ4v) is 2.40. The second kappa shape index (κ2) is 10.1. The van der Waals surface area contributed by atoms with Crippen LogP contribution in [-0.2, 0) is 9.53 Å². The van der Waals surface area contributed by atoms with Crippen molar-refractivity contribution in [2.24, 2.45) is 5.92 Å². The lowest BCUT2D eigenvalue weighted by Gasteiger charge is -2.24. The van der Waals surface area contributed by atoms with Gasteiger partial charge in [-0.3, -0.25) is 4.79 Å². The molecular weight excluding hydrogens is 268 g/mol. The van der Waals surface area contributed by atoms with E-state index in [1.54, 1.807) is 0 Å². The number of hydrogen-bond donors (Lipinski definition) is 3. The number of ether oxygens (including phenoxy) is 1. The van der Waals surface area contributed by atoms with Gasteiger partial charge in [-0.05, 0) is 25.7 Å². The molecule has 1 fully saturated rings. The predicted molar refractivity (Wildman–Crippen MR) is 84.1 cm³/mol. The summed E-state index contributed by atoms with van der Waals surface area (Å²) >= 11 is 0. The monoisotopic (exact) mass is 300 g/mol. The minimum Gasteiger partial charge on any atom is -0.389 e. The third kappa shape index (κ3) is 8.39. The molecule has 0 saturated heterocycles. The predicted octanol–water partition coefficient (Wildman–Crippen LogP) is 1.45. The number of aliphatic hydroxyl groups excluding tert-OH is 1. The van der Waals surface area contributed by atoms with E-state index >= 15 is 0 Å². The molecule has 0 aromatic carbocycles. The highest BCUT2D eigenvalue weighted by Gasteiger charge is 2.17. The SMILES string of the molecule is CC(C)CNC(=O)C(C)NCC(O)COC1CCCCC1. The number of carbonyl (C=O) groups excluding carboxylic acids is 1. The van der Waals surface area contributed by atoms with Crippen LogP contribution >= 0.6 is 0 Å². The normalized spacial score (nSPS) is 19.5. The molecule has 1 saturated carbocycles. The summed E-state index contributed by atoms with van der Waals surface area (Å²) in [7, 11) is 0. The molecule has 1 aliphatic carbocycles. The summed E-state index contributed by atoms with van der Waals surface area (Å²) in [5.41, 5.74) is 0. The molecule has 5 heteroatoms. The van der Waals surface area contributed by atoms with Crippen LogP contribution in [0, 0.1) is 5.92 Å². The van der Waals surface area contributed by atoms with Crippen molar-refractivity contribution in [2.45, 2.75) is 71.1 Å². The molecule has 124 valence electrons. The van der Waals surface area contributed by atoms with Gasteiger partial charge in [0.1, 0.15) is 0 Å². The van der Waals surface area contributed by atoms with Crippen molar-refractivity contribution >= 4 is 5.91 Å². The van der Waals surface area contributed by atoms with Gasteiger partial charge >= 0.3 is 0 Å². The van der Waals surface area contributed by atoms with E-state index in [1.807, 2.05) is 6.92 Å². The van der Waals surface area contributed by atoms with Crippen molar-refractivity contribution in [1.29, 1.82) is 0 Å². The largest absolute Gasteiger partial charge is 0.389 e. The average molecular weight is 300 g/mol. The Balaban J connectivity index is 2.10. The smallest absolute Gasteiger partial charge is 0.236 e. The molecule has 2 atom stereocenters. The molecule has 0 aromatic rings. The van der Waals surface area contributed by atoms with Gasteiger partial charge in [-0.15, -0.1) is 0 Å². The Bertz CT molecular complexity index is 291. The lowest BCUT2D eigenvalue weighted by Crippen LogP contribution is -2.46. The quantitative estimate of drug-likeness (QED) is 0.603. The number of aliphatic hydroxyl groups is 1. The highest BCUT2D eigenvalue weighted by molar-refractivity contribution is 5.81. The van der Waals surface area contributed by atoms with Gasteiger partial charge in [0.2, 0.25) is 5.91 Å². The molecule has 0 radical (unpaired) electrons. The van der Waals surface area contributed by atoms with Gasteiger partial charge in [0, 0.05) is 13.1 Å². The van der Waals surface area contributed by atoms with Crippen molar-refractivity contribution in [2.75, 3.05) is 19.7 Å². The summed E-state index contributed by atoms with van der Waals surface area (Å²) < 4.78 is 5.73. The van der Waals surface area contributed by atoms with E-state index in [-0.39, 0.29) is 11.9 Å². The third-order valence-corrected chi connectivity index (χ3v) is 3.81. The second-order valence-corrected chi connectivity index (χ2v) is 6.52. The molecule has 0 aromatic heterocycles. The number of nitrogens with one attached hydrogen (secondary N) is 2. The van der Waals surface area contributed by atoms with Crippen LogP contribution in [0.3, 0.4) is 0 Å². The first kappa shape index (κ1) is 18.4. The van der Waals surface area contributed by atoms with Crippen LogP contribution in [0.15, 0.2) is 0 Å². The summed E-state index contributed by atoms with van der Waals surface area (Å²) in [5.74, 6) is 0.416. The Morgan fingerprint density at radius 2 is 1.86 bits per heavy atom. The summed E-state index contributed by atoms with van der Waals surface area (Å²) in [4.78, 5) is 11.8. The van der Waals surface area contributed by atoms with E-state index in [4.69, 9.17) is 4.74 Å². The molecule has 2 unspecified atom stereocenters. The van der Waals surface area contributed by atoms with Crippen molar-refractivity contribution < 1.29 is 14.6 Å². The Morgan fingerprint density at radius 3 is 2.48 bits per heavy atom. The lowest BCUT2D eigenvalue weighted by atomic mass is 9.98. The summed E-state index contributed by atoms with van der Waals surface area (Å²) in [5, 5.41) is 15.8. The van der Waals surface area contributed by atoms with Crippen molar-refractivity contribution in [3.8, 4) is 0 Å². The zero-order valence-electron chi connectivity index (χ0n) is 13.7. The van der Waals surface area contributed by atoms with E-state index in [2.05, 4.69) is 24.5 Å². The van der Waals surface area contributed by atoms with E-state index < -0.39 is 6.10 Å². The fraction of sp³-hybridized carbons (Fsp3) is 0.938. The summed E-state index contributed by atoms with van der Waals surface area (Å²) in [6.45, 7) is 7.33. The fourth-order valence-electron chi connectivity index (χ4n) is 2.40. The molecule has 3 N–H and O–H groups in total. The second-order valence-electron chi connectivity index (χ2n) is 6.52. The van der Waals surface area contributed by atoms with Crippen molar-refractivity contribution in [3.05, 3.63) is 0 Å². The van der Waals surface area contributed by atoms with Gasteiger partial charge < -0.3 is 20.5 Å². The van der Waals surface area contributed by atoms with Gasteiger partial charge in [0.05, 0.1) is 24.9 Å². The standard InChI is InChI=1S/C16H32N2O3/c1-12(2)9-18-16(20)13(3)17-10-14(19)11-21-15-7-5-4-6-8-15/h12-15,17,19H,4-11H2,1-3H3,(H,18,20). The average Bonchev–Trinajstić information content (AvgIpc) is 2.49. The maximum atomic E-state index is 11.8. The van der Waals surface area contributed by atoms with E-state index in [9.17, 15) is 9.90 Å². The highest BCUT2D eigenvalue weighted by Crippen LogP contribution is 2.20. The Labute approximate surface area is 128 Å². The number of carbonyl (C=O) groups is 1. The highest BCUT2D eigenvalue weighted by atomic mass is 16.5. The van der Waals surface area contributed by atoms with Crippen molar-refractivity contribution in [3.63, 3.8) is 0 Å². The minimum atomic E-state index is -0.563. The molecule has 0 heterocycles. The van der Waals surface area contributed by atoms with Crippen LogP contribution in [0.25, 0.3) is 0 Å². The third-order valence-electron chi connectivity index (χ3n) is 3.81. The van der Waals surface area contributed by atoms with Crippen LogP contribution in [0.1, 0.15) is 52.9 Å². The molecule has 1 rings (SSSR count). The number of rotatable bonds is 9. The molecule has 0 aliphatic heterocycles. The van der Waals surface area contributed by atoms with Crippen molar-refractivity contribution in [1.82, 2.24) is 10.6 Å². The maximum absolute atomic E-state index is 11.8. The van der Waals surface area contributed by atoms with E-state index in [0.717, 1.165) is 12.8 Å². The topological polar surface area (TPSA) is 70.6 Å². The molecule has 0 bridgehead atoms. The van der Waals surface area contributed by atoms with Crippen LogP contribution in [0.2, 0.25) is 0 Å². The summed E-state index contributed by atoms with van der Waals surface area (Å²) in [6, 6.07) is -0.298. The van der Waals surface area contributed by atoms with Gasteiger partial charge in [0.15, 0.2) is 0 Å². The number of hydrogen-bond acceptors (Lipinski definition) is 4. The Morgan fingerprint density at radius 1 is 1.19 bits per heavy atom. The molecule has 21 heavy (non-hydrogen) atoms. The molecule has 0 spiro atoms. The van der Waals surface area contributed by atoms with Crippen LogP contribution in [0.5, 0.6) is 0 Å². The zero-order valence-corrected chi connectivity index (χ0v) is 13.7. The van der Waals surface area contributed by atoms with E-state index in [0.29, 0.717) is 31.7 Å². The van der Waals surface area contributed by atoms with Crippen LogP contribution in [0.4, 0.5) is 0 Å². The zero-order chi connectivity index (χ0) is 15.7. The molecule has 5 nitrogen and oxygen atoms in total.